The Morgan fingerprint density at radius 1 is 1.23 bits per heavy atom. The number of ether oxygens (including phenoxy) is 1. The summed E-state index contributed by atoms with van der Waals surface area (Å²) in [4.78, 5) is 0. The second-order valence-corrected chi connectivity index (χ2v) is 3.16. The molecule has 1 heterocycles. The predicted octanol–water partition coefficient (Wildman–Crippen LogP) is 2.87. The molecule has 13 heavy (non-hydrogen) atoms. The van der Waals surface area contributed by atoms with E-state index in [9.17, 15) is 0 Å². The van der Waals surface area contributed by atoms with E-state index in [1.807, 2.05) is 30.4 Å². The van der Waals surface area contributed by atoms with E-state index in [0.717, 1.165) is 5.57 Å². The zero-order chi connectivity index (χ0) is 9.10. The summed E-state index contributed by atoms with van der Waals surface area (Å²) < 4.78 is 5.59. The minimum atomic E-state index is 0.103. The van der Waals surface area contributed by atoms with Crippen LogP contribution in [0.25, 0.3) is 0 Å². The van der Waals surface area contributed by atoms with Crippen molar-refractivity contribution in [2.45, 2.75) is 6.10 Å². The van der Waals surface area contributed by atoms with E-state index < -0.39 is 0 Å². The standard InChI is InChI=1S/C12H12O/c1-10-7-8-12(13-9-10)11-5-3-2-4-6-11/h2-8,12H,1,9H2. The van der Waals surface area contributed by atoms with Crippen molar-refractivity contribution in [2.75, 3.05) is 6.61 Å². The van der Waals surface area contributed by atoms with Crippen LogP contribution in [-0.2, 0) is 4.74 Å². The van der Waals surface area contributed by atoms with Crippen molar-refractivity contribution in [1.82, 2.24) is 0 Å². The Hall–Kier alpha value is -1.34. The first-order valence-corrected chi connectivity index (χ1v) is 4.39. The highest BCUT2D eigenvalue weighted by Crippen LogP contribution is 2.23. The molecule has 1 aromatic rings. The summed E-state index contributed by atoms with van der Waals surface area (Å²) in [5, 5.41) is 0. The molecule has 1 unspecified atom stereocenters. The topological polar surface area (TPSA) is 9.23 Å². The van der Waals surface area contributed by atoms with E-state index in [-0.39, 0.29) is 6.10 Å². The average molecular weight is 172 g/mol. The number of hydrogen-bond acceptors (Lipinski definition) is 1. The van der Waals surface area contributed by atoms with Gasteiger partial charge in [-0.05, 0) is 11.1 Å². The molecule has 0 aliphatic carbocycles. The van der Waals surface area contributed by atoms with Crippen molar-refractivity contribution in [3.8, 4) is 0 Å². The molecule has 0 aromatic heterocycles. The van der Waals surface area contributed by atoms with Gasteiger partial charge in [0.1, 0.15) is 6.10 Å². The van der Waals surface area contributed by atoms with Gasteiger partial charge in [-0.3, -0.25) is 0 Å². The molecule has 66 valence electrons. The Balaban J connectivity index is 2.20. The lowest BCUT2D eigenvalue weighted by Crippen LogP contribution is -2.08. The molecule has 1 aliphatic rings. The molecule has 1 aliphatic heterocycles. The highest BCUT2D eigenvalue weighted by Gasteiger charge is 2.11. The lowest BCUT2D eigenvalue weighted by atomic mass is 10.1. The van der Waals surface area contributed by atoms with Gasteiger partial charge in [0, 0.05) is 0 Å². The molecule has 2 rings (SSSR count). The van der Waals surface area contributed by atoms with Crippen LogP contribution in [0.3, 0.4) is 0 Å². The third-order valence-electron chi connectivity index (χ3n) is 2.08. The summed E-state index contributed by atoms with van der Waals surface area (Å²) in [5.41, 5.74) is 2.23. The van der Waals surface area contributed by atoms with Gasteiger partial charge in [-0.2, -0.15) is 0 Å². The molecule has 0 amide bonds. The van der Waals surface area contributed by atoms with Gasteiger partial charge in [-0.1, -0.05) is 49.1 Å². The van der Waals surface area contributed by atoms with Crippen molar-refractivity contribution < 1.29 is 4.74 Å². The van der Waals surface area contributed by atoms with Crippen molar-refractivity contribution in [3.05, 3.63) is 60.2 Å². The highest BCUT2D eigenvalue weighted by atomic mass is 16.5. The summed E-state index contributed by atoms with van der Waals surface area (Å²) in [6.07, 6.45) is 4.18. The molecule has 1 aromatic carbocycles. The van der Waals surface area contributed by atoms with Crippen LogP contribution >= 0.6 is 0 Å². The predicted molar refractivity (Wildman–Crippen MR) is 53.4 cm³/mol. The third-order valence-corrected chi connectivity index (χ3v) is 2.08. The normalized spacial score (nSPS) is 21.8. The first-order valence-electron chi connectivity index (χ1n) is 4.39. The van der Waals surface area contributed by atoms with Crippen molar-refractivity contribution in [1.29, 1.82) is 0 Å². The summed E-state index contributed by atoms with van der Waals surface area (Å²) in [5.74, 6) is 0. The van der Waals surface area contributed by atoms with Crippen LogP contribution in [-0.4, -0.2) is 6.61 Å². The van der Waals surface area contributed by atoms with Crippen LogP contribution in [0.5, 0.6) is 0 Å². The van der Waals surface area contributed by atoms with Gasteiger partial charge in [0.15, 0.2) is 0 Å². The SMILES string of the molecule is C=C1C=CC(c2ccccc2)OC1. The van der Waals surface area contributed by atoms with Crippen LogP contribution in [0.1, 0.15) is 11.7 Å². The molecule has 0 spiro atoms. The monoisotopic (exact) mass is 172 g/mol. The van der Waals surface area contributed by atoms with Gasteiger partial charge in [0.05, 0.1) is 6.61 Å². The second-order valence-electron chi connectivity index (χ2n) is 3.16. The van der Waals surface area contributed by atoms with Gasteiger partial charge < -0.3 is 4.74 Å². The van der Waals surface area contributed by atoms with E-state index in [1.54, 1.807) is 0 Å². The van der Waals surface area contributed by atoms with E-state index in [0.29, 0.717) is 6.61 Å². The Kier molecular flexibility index (Phi) is 2.28. The molecule has 0 saturated heterocycles. The first-order chi connectivity index (χ1) is 6.36. The van der Waals surface area contributed by atoms with E-state index in [1.165, 1.54) is 5.56 Å². The second kappa shape index (κ2) is 3.58. The van der Waals surface area contributed by atoms with Gasteiger partial charge in [-0.15, -0.1) is 0 Å². The fraction of sp³-hybridized carbons (Fsp3) is 0.167. The Labute approximate surface area is 78.3 Å². The Bertz CT molecular complexity index is 324. The zero-order valence-electron chi connectivity index (χ0n) is 7.44. The highest BCUT2D eigenvalue weighted by molar-refractivity contribution is 5.27. The number of benzene rings is 1. The molecule has 1 heteroatoms. The van der Waals surface area contributed by atoms with Crippen molar-refractivity contribution in [3.63, 3.8) is 0 Å². The lowest BCUT2D eigenvalue weighted by Gasteiger charge is -2.18. The fourth-order valence-corrected chi connectivity index (χ4v) is 1.37. The minimum Gasteiger partial charge on any atom is -0.365 e. The van der Waals surface area contributed by atoms with Crippen LogP contribution in [0.15, 0.2) is 54.6 Å². The molecule has 0 fully saturated rings. The van der Waals surface area contributed by atoms with Gasteiger partial charge in [0.25, 0.3) is 0 Å². The molecular formula is C12H12O. The van der Waals surface area contributed by atoms with Gasteiger partial charge in [0.2, 0.25) is 0 Å². The molecule has 0 radical (unpaired) electrons. The van der Waals surface area contributed by atoms with Crippen LogP contribution in [0.4, 0.5) is 0 Å². The van der Waals surface area contributed by atoms with Crippen LogP contribution in [0.2, 0.25) is 0 Å². The molecule has 0 bridgehead atoms. The summed E-state index contributed by atoms with van der Waals surface area (Å²) in [6.45, 7) is 4.47. The van der Waals surface area contributed by atoms with Gasteiger partial charge in [-0.25, -0.2) is 0 Å². The van der Waals surface area contributed by atoms with Crippen molar-refractivity contribution >= 4 is 0 Å². The average Bonchev–Trinajstić information content (AvgIpc) is 2.20. The third kappa shape index (κ3) is 1.87. The largest absolute Gasteiger partial charge is 0.365 e. The number of rotatable bonds is 1. The van der Waals surface area contributed by atoms with E-state index in [4.69, 9.17) is 4.74 Å². The van der Waals surface area contributed by atoms with Gasteiger partial charge >= 0.3 is 0 Å². The summed E-state index contributed by atoms with van der Waals surface area (Å²) in [6, 6.07) is 10.2. The molecule has 1 atom stereocenters. The maximum absolute atomic E-state index is 5.59. The summed E-state index contributed by atoms with van der Waals surface area (Å²) in [7, 11) is 0. The zero-order valence-corrected chi connectivity index (χ0v) is 7.44. The maximum atomic E-state index is 5.59. The molecular weight excluding hydrogens is 160 g/mol. The smallest absolute Gasteiger partial charge is 0.101 e. The molecule has 0 saturated carbocycles. The first kappa shape index (κ1) is 8.27. The minimum absolute atomic E-state index is 0.103. The van der Waals surface area contributed by atoms with E-state index >= 15 is 0 Å². The quantitative estimate of drug-likeness (QED) is 0.633. The fourth-order valence-electron chi connectivity index (χ4n) is 1.37. The Morgan fingerprint density at radius 2 is 2.00 bits per heavy atom. The van der Waals surface area contributed by atoms with Crippen LogP contribution in [0, 0.1) is 0 Å². The summed E-state index contributed by atoms with van der Waals surface area (Å²) >= 11 is 0. The van der Waals surface area contributed by atoms with E-state index in [2.05, 4.69) is 18.7 Å². The lowest BCUT2D eigenvalue weighted by molar-refractivity contribution is 0.0999. The maximum Gasteiger partial charge on any atom is 0.101 e. The van der Waals surface area contributed by atoms with Crippen molar-refractivity contribution in [2.24, 2.45) is 0 Å². The number of hydrogen-bond donors (Lipinski definition) is 0. The van der Waals surface area contributed by atoms with Crippen LogP contribution < -0.4 is 0 Å². The Morgan fingerprint density at radius 3 is 2.62 bits per heavy atom. The molecule has 0 N–H and O–H groups in total. The molecule has 1 nitrogen and oxygen atoms in total.